The Morgan fingerprint density at radius 1 is 1.06 bits per heavy atom. The lowest BCUT2D eigenvalue weighted by molar-refractivity contribution is -0.117. The molecule has 0 spiro atoms. The third-order valence-corrected chi connectivity index (χ3v) is 5.41. The summed E-state index contributed by atoms with van der Waals surface area (Å²) in [6.07, 6.45) is 0.766. The molecule has 32 heavy (non-hydrogen) atoms. The molecule has 2 heterocycles. The predicted octanol–water partition coefficient (Wildman–Crippen LogP) is 3.11. The Hall–Kier alpha value is -3.68. The molecule has 8 nitrogen and oxygen atoms in total. The zero-order chi connectivity index (χ0) is 23.0. The molecule has 8 heteroatoms. The van der Waals surface area contributed by atoms with Crippen LogP contribution >= 0.6 is 0 Å². The molecular weight excluding hydrogens is 406 g/mol. The molecule has 1 amide bonds. The highest BCUT2D eigenvalue weighted by Crippen LogP contribution is 2.14. The molecule has 166 valence electrons. The van der Waals surface area contributed by atoms with E-state index in [1.807, 2.05) is 32.0 Å². The van der Waals surface area contributed by atoms with Gasteiger partial charge in [-0.3, -0.25) is 14.2 Å². The van der Waals surface area contributed by atoms with Crippen LogP contribution in [0.5, 0.6) is 0 Å². The van der Waals surface area contributed by atoms with Crippen LogP contribution in [-0.2, 0) is 17.9 Å². The normalized spacial score (nSPS) is 11.5. The van der Waals surface area contributed by atoms with Gasteiger partial charge in [0.1, 0.15) is 6.54 Å². The summed E-state index contributed by atoms with van der Waals surface area (Å²) in [6, 6.07) is 12.7. The number of nitrogens with one attached hydrogen (secondary N) is 1. The van der Waals surface area contributed by atoms with Crippen LogP contribution in [0.4, 0.5) is 5.69 Å². The molecular formula is C24H27N5O3. The van der Waals surface area contributed by atoms with E-state index in [-0.39, 0.29) is 23.8 Å². The fraction of sp³-hybridized carbons (Fsp3) is 0.333. The highest BCUT2D eigenvalue weighted by Gasteiger charge is 2.18. The fourth-order valence-corrected chi connectivity index (χ4v) is 3.94. The molecule has 0 unspecified atom stereocenters. The summed E-state index contributed by atoms with van der Waals surface area (Å²) in [5.41, 5.74) is 2.58. The standard InChI is InChI=1S/C24H27N5O3/c1-15(2)9-10-27-22(31)19-7-5-6-8-20(19)29-23(27)26-28(24(29)32)14-21(30)25-18-12-16(3)11-17(4)13-18/h5-8,11-13,15H,9-10,14H2,1-4H3,(H,25,30). The molecule has 1 N–H and O–H groups in total. The maximum Gasteiger partial charge on any atom is 0.352 e. The number of carbonyl (C=O) groups is 1. The number of fused-ring (bicyclic) bond motifs is 3. The van der Waals surface area contributed by atoms with Crippen molar-refractivity contribution < 1.29 is 4.79 Å². The third-order valence-electron chi connectivity index (χ3n) is 5.41. The molecule has 0 aliphatic heterocycles. The highest BCUT2D eigenvalue weighted by atomic mass is 16.2. The number of hydrogen-bond donors (Lipinski definition) is 1. The number of rotatable bonds is 6. The summed E-state index contributed by atoms with van der Waals surface area (Å²) in [7, 11) is 0. The van der Waals surface area contributed by atoms with E-state index in [0.29, 0.717) is 29.1 Å². The van der Waals surface area contributed by atoms with Crippen LogP contribution in [0.1, 0.15) is 31.4 Å². The minimum absolute atomic E-state index is 0.189. The summed E-state index contributed by atoms with van der Waals surface area (Å²) in [5, 5.41) is 7.67. The number of aryl methyl sites for hydroxylation is 3. The smallest absolute Gasteiger partial charge is 0.324 e. The second-order valence-electron chi connectivity index (χ2n) is 8.66. The first-order valence-corrected chi connectivity index (χ1v) is 10.7. The lowest BCUT2D eigenvalue weighted by Gasteiger charge is -2.10. The van der Waals surface area contributed by atoms with Crippen molar-refractivity contribution in [2.45, 2.75) is 47.2 Å². The van der Waals surface area contributed by atoms with E-state index in [2.05, 4.69) is 24.3 Å². The average molecular weight is 434 g/mol. The Morgan fingerprint density at radius 2 is 1.75 bits per heavy atom. The van der Waals surface area contributed by atoms with Crippen LogP contribution in [0.15, 0.2) is 52.1 Å². The van der Waals surface area contributed by atoms with Crippen LogP contribution in [0.3, 0.4) is 0 Å². The summed E-state index contributed by atoms with van der Waals surface area (Å²) in [5.74, 6) is 0.269. The van der Waals surface area contributed by atoms with E-state index < -0.39 is 5.69 Å². The first-order valence-electron chi connectivity index (χ1n) is 10.7. The summed E-state index contributed by atoms with van der Waals surface area (Å²) >= 11 is 0. The summed E-state index contributed by atoms with van der Waals surface area (Å²) in [4.78, 5) is 39.0. The van der Waals surface area contributed by atoms with Crippen LogP contribution in [0.25, 0.3) is 16.7 Å². The van der Waals surface area contributed by atoms with Gasteiger partial charge >= 0.3 is 5.69 Å². The van der Waals surface area contributed by atoms with Gasteiger partial charge in [0.25, 0.3) is 5.56 Å². The van der Waals surface area contributed by atoms with Gasteiger partial charge in [0.05, 0.1) is 10.9 Å². The van der Waals surface area contributed by atoms with E-state index >= 15 is 0 Å². The van der Waals surface area contributed by atoms with Gasteiger partial charge in [-0.1, -0.05) is 32.0 Å². The molecule has 2 aromatic carbocycles. The van der Waals surface area contributed by atoms with E-state index in [4.69, 9.17) is 0 Å². The van der Waals surface area contributed by atoms with Crippen LogP contribution in [-0.4, -0.2) is 24.7 Å². The van der Waals surface area contributed by atoms with Crippen LogP contribution in [0, 0.1) is 19.8 Å². The minimum Gasteiger partial charge on any atom is -0.324 e. The predicted molar refractivity (Wildman–Crippen MR) is 125 cm³/mol. The van der Waals surface area contributed by atoms with Crippen molar-refractivity contribution in [3.8, 4) is 0 Å². The lowest BCUT2D eigenvalue weighted by atomic mass is 10.1. The van der Waals surface area contributed by atoms with Gasteiger partial charge in [-0.05, 0) is 61.6 Å². The van der Waals surface area contributed by atoms with Crippen molar-refractivity contribution in [1.82, 2.24) is 18.7 Å². The molecule has 4 rings (SSSR count). The number of benzene rings is 2. The zero-order valence-corrected chi connectivity index (χ0v) is 18.8. The summed E-state index contributed by atoms with van der Waals surface area (Å²) < 4.78 is 4.06. The topological polar surface area (TPSA) is 90.4 Å². The average Bonchev–Trinajstić information content (AvgIpc) is 3.03. The number of nitrogens with zero attached hydrogens (tertiary/aromatic N) is 4. The minimum atomic E-state index is -0.454. The highest BCUT2D eigenvalue weighted by molar-refractivity contribution is 5.90. The third kappa shape index (κ3) is 4.08. The lowest BCUT2D eigenvalue weighted by Crippen LogP contribution is -2.29. The summed E-state index contributed by atoms with van der Waals surface area (Å²) in [6.45, 7) is 8.25. The largest absolute Gasteiger partial charge is 0.352 e. The maximum atomic E-state index is 13.2. The second-order valence-corrected chi connectivity index (χ2v) is 8.66. The Bertz CT molecular complexity index is 1420. The van der Waals surface area contributed by atoms with E-state index in [1.165, 1.54) is 8.97 Å². The Labute approximate surface area is 185 Å². The van der Waals surface area contributed by atoms with E-state index in [0.717, 1.165) is 22.2 Å². The fourth-order valence-electron chi connectivity index (χ4n) is 3.94. The maximum absolute atomic E-state index is 13.2. The van der Waals surface area contributed by atoms with Crippen molar-refractivity contribution >= 4 is 28.3 Å². The second kappa shape index (κ2) is 8.45. The van der Waals surface area contributed by atoms with Gasteiger partial charge < -0.3 is 5.32 Å². The molecule has 0 atom stereocenters. The van der Waals surface area contributed by atoms with Crippen molar-refractivity contribution in [3.05, 3.63) is 74.4 Å². The van der Waals surface area contributed by atoms with Gasteiger partial charge in [0, 0.05) is 12.2 Å². The first kappa shape index (κ1) is 21.5. The van der Waals surface area contributed by atoms with Crippen molar-refractivity contribution in [1.29, 1.82) is 0 Å². The monoisotopic (exact) mass is 433 g/mol. The van der Waals surface area contributed by atoms with E-state index in [1.54, 1.807) is 24.3 Å². The molecule has 0 aliphatic carbocycles. The Balaban J connectivity index is 1.77. The molecule has 0 saturated heterocycles. The molecule has 0 saturated carbocycles. The van der Waals surface area contributed by atoms with Gasteiger partial charge in [0.2, 0.25) is 11.7 Å². The molecule has 0 aliphatic rings. The molecule has 4 aromatic rings. The molecule has 2 aromatic heterocycles. The zero-order valence-electron chi connectivity index (χ0n) is 18.8. The van der Waals surface area contributed by atoms with Crippen LogP contribution in [0.2, 0.25) is 0 Å². The Morgan fingerprint density at radius 3 is 2.44 bits per heavy atom. The van der Waals surface area contributed by atoms with Gasteiger partial charge in [0.15, 0.2) is 0 Å². The van der Waals surface area contributed by atoms with Crippen molar-refractivity contribution in [3.63, 3.8) is 0 Å². The van der Waals surface area contributed by atoms with Gasteiger partial charge in [-0.15, -0.1) is 5.10 Å². The number of carbonyl (C=O) groups excluding carboxylic acids is 1. The SMILES string of the molecule is Cc1cc(C)cc(NC(=O)Cn2nc3n(CCC(C)C)c(=O)c4ccccc4n3c2=O)c1. The molecule has 0 fully saturated rings. The number of anilines is 1. The van der Waals surface area contributed by atoms with Crippen molar-refractivity contribution in [2.75, 3.05) is 5.32 Å². The van der Waals surface area contributed by atoms with Crippen LogP contribution < -0.4 is 16.6 Å². The van der Waals surface area contributed by atoms with Crippen molar-refractivity contribution in [2.24, 2.45) is 5.92 Å². The molecule has 0 radical (unpaired) electrons. The number of amides is 1. The quantitative estimate of drug-likeness (QED) is 0.506. The number of hydrogen-bond acceptors (Lipinski definition) is 4. The van der Waals surface area contributed by atoms with Gasteiger partial charge in [-0.25, -0.2) is 13.9 Å². The number of aromatic nitrogens is 4. The Kier molecular flexibility index (Phi) is 5.69. The molecule has 0 bridgehead atoms. The van der Waals surface area contributed by atoms with E-state index in [9.17, 15) is 14.4 Å². The first-order chi connectivity index (χ1) is 15.2. The number of para-hydroxylation sites is 1. The van der Waals surface area contributed by atoms with Gasteiger partial charge in [-0.2, -0.15) is 0 Å².